The van der Waals surface area contributed by atoms with Gasteiger partial charge in [-0.3, -0.25) is 5.41 Å². The minimum absolute atomic E-state index is 0.0601. The summed E-state index contributed by atoms with van der Waals surface area (Å²) in [6.45, 7) is 4.45. The molecule has 0 unspecified atom stereocenters. The molecule has 1 fully saturated rings. The molecule has 1 rings (SSSR count). The monoisotopic (exact) mass is 304 g/mol. The van der Waals surface area contributed by atoms with E-state index < -0.39 is 15.7 Å². The van der Waals surface area contributed by atoms with Crippen molar-refractivity contribution >= 4 is 16.0 Å². The fraction of sp³-hybridized carbons (Fsp3) is 0.923. The Morgan fingerprint density at radius 1 is 1.15 bits per heavy atom. The van der Waals surface area contributed by atoms with Crippen LogP contribution in [0.5, 0.6) is 0 Å². The van der Waals surface area contributed by atoms with Gasteiger partial charge in [0.25, 0.3) is 10.2 Å². The highest BCUT2D eigenvalue weighted by Gasteiger charge is 2.39. The molecule has 0 heterocycles. The predicted molar refractivity (Wildman–Crippen MR) is 81.9 cm³/mol. The first kappa shape index (κ1) is 17.4. The smallest absolute Gasteiger partial charge is 0.280 e. The lowest BCUT2D eigenvalue weighted by Gasteiger charge is -2.36. The van der Waals surface area contributed by atoms with Gasteiger partial charge in [0, 0.05) is 13.1 Å². The topological polar surface area (TPSA) is 99.3 Å². The van der Waals surface area contributed by atoms with Crippen molar-refractivity contribution in [1.82, 2.24) is 9.03 Å². The van der Waals surface area contributed by atoms with Crippen LogP contribution in [0.4, 0.5) is 0 Å². The van der Waals surface area contributed by atoms with Crippen LogP contribution in [0.15, 0.2) is 0 Å². The van der Waals surface area contributed by atoms with Gasteiger partial charge in [0.05, 0.1) is 5.54 Å². The number of nitrogens with two attached hydrogens (primary N) is 1. The summed E-state index contributed by atoms with van der Waals surface area (Å²) in [5, 5.41) is 7.87. The van der Waals surface area contributed by atoms with Crippen LogP contribution in [0.25, 0.3) is 0 Å². The zero-order chi connectivity index (χ0) is 15.2. The molecule has 4 N–H and O–H groups in total. The van der Waals surface area contributed by atoms with Crippen LogP contribution >= 0.6 is 0 Å². The van der Waals surface area contributed by atoms with Crippen LogP contribution in [-0.4, -0.2) is 37.2 Å². The summed E-state index contributed by atoms with van der Waals surface area (Å²) >= 11 is 0. The van der Waals surface area contributed by atoms with Crippen molar-refractivity contribution in [2.45, 2.75) is 64.3 Å². The number of hydrogen-bond acceptors (Lipinski definition) is 3. The van der Waals surface area contributed by atoms with Gasteiger partial charge in [-0.25, -0.2) is 0 Å². The second kappa shape index (κ2) is 7.38. The zero-order valence-electron chi connectivity index (χ0n) is 12.6. The van der Waals surface area contributed by atoms with E-state index in [1.165, 1.54) is 10.7 Å². The van der Waals surface area contributed by atoms with Gasteiger partial charge in [-0.15, -0.1) is 0 Å². The third-order valence-electron chi connectivity index (χ3n) is 4.09. The van der Waals surface area contributed by atoms with E-state index in [1.54, 1.807) is 13.8 Å². The number of nitrogens with one attached hydrogen (secondary N) is 2. The molecule has 7 heteroatoms. The summed E-state index contributed by atoms with van der Waals surface area (Å²) < 4.78 is 29.0. The van der Waals surface area contributed by atoms with Crippen molar-refractivity contribution in [1.29, 1.82) is 5.41 Å². The second-order valence-electron chi connectivity index (χ2n) is 5.45. The molecule has 118 valence electrons. The lowest BCUT2D eigenvalue weighted by molar-refractivity contribution is 0.349. The van der Waals surface area contributed by atoms with E-state index in [0.717, 1.165) is 25.7 Å². The van der Waals surface area contributed by atoms with E-state index >= 15 is 0 Å². The summed E-state index contributed by atoms with van der Waals surface area (Å²) in [5.41, 5.74) is 4.85. The summed E-state index contributed by atoms with van der Waals surface area (Å²) in [6, 6.07) is 0. The van der Waals surface area contributed by atoms with Gasteiger partial charge in [0.15, 0.2) is 0 Å². The maximum atomic E-state index is 12.4. The fourth-order valence-electron chi connectivity index (χ4n) is 2.81. The van der Waals surface area contributed by atoms with E-state index in [1.807, 2.05) is 0 Å². The van der Waals surface area contributed by atoms with Crippen LogP contribution in [0, 0.1) is 5.41 Å². The quantitative estimate of drug-likeness (QED) is 0.513. The highest BCUT2D eigenvalue weighted by molar-refractivity contribution is 7.87. The number of nitrogens with zero attached hydrogens (tertiary/aromatic N) is 1. The molecule has 0 atom stereocenters. The average molecular weight is 304 g/mol. The summed E-state index contributed by atoms with van der Waals surface area (Å²) in [6.07, 6.45) is 6.35. The van der Waals surface area contributed by atoms with Crippen LogP contribution in [0.1, 0.15) is 58.8 Å². The van der Waals surface area contributed by atoms with Crippen molar-refractivity contribution < 1.29 is 8.42 Å². The standard InChI is InChI=1S/C13H28N4O2S/c1-3-17(4-2)20(18,19)16-13(12(14)15)10-8-6-5-7-9-11-13/h16H,3-11H2,1-2H3,(H3,14,15). The van der Waals surface area contributed by atoms with Gasteiger partial charge >= 0.3 is 0 Å². The van der Waals surface area contributed by atoms with Crippen LogP contribution in [0.2, 0.25) is 0 Å². The summed E-state index contributed by atoms with van der Waals surface area (Å²) in [5.74, 6) is -0.0601. The normalized spacial score (nSPS) is 20.4. The molecule has 6 nitrogen and oxygen atoms in total. The van der Waals surface area contributed by atoms with E-state index in [0.29, 0.717) is 25.9 Å². The third-order valence-corrected chi connectivity index (χ3v) is 5.94. The van der Waals surface area contributed by atoms with Gasteiger partial charge in [-0.2, -0.15) is 17.4 Å². The van der Waals surface area contributed by atoms with Gasteiger partial charge in [0.1, 0.15) is 5.84 Å². The number of amidine groups is 1. The number of hydrogen-bond donors (Lipinski definition) is 3. The Morgan fingerprint density at radius 2 is 1.60 bits per heavy atom. The van der Waals surface area contributed by atoms with E-state index in [-0.39, 0.29) is 5.84 Å². The Kier molecular flexibility index (Phi) is 6.42. The molecular formula is C13H28N4O2S. The zero-order valence-corrected chi connectivity index (χ0v) is 13.4. The van der Waals surface area contributed by atoms with Gasteiger partial charge in [0.2, 0.25) is 0 Å². The first-order valence-electron chi connectivity index (χ1n) is 7.51. The molecule has 20 heavy (non-hydrogen) atoms. The molecular weight excluding hydrogens is 276 g/mol. The van der Waals surface area contributed by atoms with Crippen LogP contribution in [0.3, 0.4) is 0 Å². The van der Waals surface area contributed by atoms with Crippen molar-refractivity contribution in [2.75, 3.05) is 13.1 Å². The van der Waals surface area contributed by atoms with E-state index in [2.05, 4.69) is 4.72 Å². The van der Waals surface area contributed by atoms with E-state index in [9.17, 15) is 8.42 Å². The average Bonchev–Trinajstić information content (AvgIpc) is 2.33. The van der Waals surface area contributed by atoms with E-state index in [4.69, 9.17) is 11.1 Å². The molecule has 0 aromatic carbocycles. The minimum Gasteiger partial charge on any atom is -0.386 e. The largest absolute Gasteiger partial charge is 0.386 e. The molecule has 1 aliphatic carbocycles. The molecule has 1 saturated carbocycles. The Balaban J connectivity index is 2.98. The molecule has 0 aromatic rings. The van der Waals surface area contributed by atoms with Crippen molar-refractivity contribution in [3.63, 3.8) is 0 Å². The fourth-order valence-corrected chi connectivity index (χ4v) is 4.43. The molecule has 0 aromatic heterocycles. The molecule has 0 bridgehead atoms. The molecule has 0 saturated heterocycles. The molecule has 0 aliphatic heterocycles. The Bertz CT molecular complexity index is 410. The lowest BCUT2D eigenvalue weighted by Crippen LogP contribution is -2.60. The lowest BCUT2D eigenvalue weighted by atomic mass is 9.84. The van der Waals surface area contributed by atoms with Gasteiger partial charge in [-0.05, 0) is 12.8 Å². The Labute approximate surface area is 122 Å². The van der Waals surface area contributed by atoms with Gasteiger partial charge in [-0.1, -0.05) is 46.0 Å². The summed E-state index contributed by atoms with van der Waals surface area (Å²) in [7, 11) is -3.59. The van der Waals surface area contributed by atoms with Crippen molar-refractivity contribution in [3.05, 3.63) is 0 Å². The maximum absolute atomic E-state index is 12.4. The van der Waals surface area contributed by atoms with Crippen LogP contribution in [-0.2, 0) is 10.2 Å². The highest BCUT2D eigenvalue weighted by atomic mass is 32.2. The molecule has 1 aliphatic rings. The first-order valence-corrected chi connectivity index (χ1v) is 8.95. The number of rotatable bonds is 6. The Morgan fingerprint density at radius 3 is 2.00 bits per heavy atom. The molecule has 0 amide bonds. The highest BCUT2D eigenvalue weighted by Crippen LogP contribution is 2.27. The molecule has 0 spiro atoms. The summed E-state index contributed by atoms with van der Waals surface area (Å²) in [4.78, 5) is 0. The minimum atomic E-state index is -3.59. The first-order chi connectivity index (χ1) is 9.38. The Hall–Kier alpha value is -0.660. The second-order valence-corrected chi connectivity index (χ2v) is 7.13. The predicted octanol–water partition coefficient (Wildman–Crippen LogP) is 1.58. The SMILES string of the molecule is CCN(CC)S(=O)(=O)NC1(C(=N)N)CCCCCCC1. The maximum Gasteiger partial charge on any atom is 0.280 e. The third kappa shape index (κ3) is 4.17. The van der Waals surface area contributed by atoms with Gasteiger partial charge < -0.3 is 5.73 Å². The van der Waals surface area contributed by atoms with Crippen LogP contribution < -0.4 is 10.5 Å². The van der Waals surface area contributed by atoms with Crippen molar-refractivity contribution in [3.8, 4) is 0 Å². The molecule has 0 radical (unpaired) electrons. The van der Waals surface area contributed by atoms with Crippen molar-refractivity contribution in [2.24, 2.45) is 5.73 Å².